The summed E-state index contributed by atoms with van der Waals surface area (Å²) in [5, 5.41) is 9.75. The van der Waals surface area contributed by atoms with Crippen molar-refractivity contribution in [3.63, 3.8) is 0 Å². The van der Waals surface area contributed by atoms with Gasteiger partial charge < -0.3 is 9.84 Å². The van der Waals surface area contributed by atoms with Gasteiger partial charge in [0.25, 0.3) is 0 Å². The van der Waals surface area contributed by atoms with Crippen LogP contribution in [0.15, 0.2) is 24.3 Å². The molecule has 1 N–H and O–H groups in total. The number of rotatable bonds is 2. The first-order chi connectivity index (χ1) is 7.21. The molecule has 4 heteroatoms. The minimum absolute atomic E-state index is 0.0446. The second-order valence-corrected chi connectivity index (χ2v) is 3.81. The average Bonchev–Trinajstić information content (AvgIpc) is 2.29. The van der Waals surface area contributed by atoms with E-state index in [-0.39, 0.29) is 6.42 Å². The van der Waals surface area contributed by atoms with Crippen LogP contribution < -0.4 is 4.74 Å². The molecule has 0 aliphatic carbocycles. The molecule has 0 unspecified atom stereocenters. The van der Waals surface area contributed by atoms with Gasteiger partial charge in [0.05, 0.1) is 6.10 Å². The molecule has 82 valence electrons. The van der Waals surface area contributed by atoms with Gasteiger partial charge in [-0.25, -0.2) is 8.78 Å². The summed E-state index contributed by atoms with van der Waals surface area (Å²) in [7, 11) is 0. The van der Waals surface area contributed by atoms with Gasteiger partial charge >= 0.3 is 0 Å². The van der Waals surface area contributed by atoms with Gasteiger partial charge in [0.1, 0.15) is 19.1 Å². The van der Waals surface area contributed by atoms with Gasteiger partial charge in [-0.1, -0.05) is 18.2 Å². The molecule has 0 amide bonds. The molecule has 0 bridgehead atoms. The third-order valence-corrected chi connectivity index (χ3v) is 2.66. The highest BCUT2D eigenvalue weighted by Gasteiger charge is 2.41. The Labute approximate surface area is 86.5 Å². The molecule has 0 saturated heterocycles. The van der Waals surface area contributed by atoms with Crippen molar-refractivity contribution in [2.24, 2.45) is 0 Å². The lowest BCUT2D eigenvalue weighted by Gasteiger charge is -2.36. The van der Waals surface area contributed by atoms with Crippen LogP contribution in [0.25, 0.3) is 0 Å². The van der Waals surface area contributed by atoms with Gasteiger partial charge in [0, 0.05) is 12.0 Å². The maximum Gasteiger partial charge on any atom is 0.168 e. The maximum atomic E-state index is 12.7. The van der Waals surface area contributed by atoms with Crippen LogP contribution in [0.5, 0.6) is 5.75 Å². The van der Waals surface area contributed by atoms with E-state index in [1.54, 1.807) is 24.3 Å². The Morgan fingerprint density at radius 3 is 2.67 bits per heavy atom. The molecular weight excluding hydrogens is 202 g/mol. The van der Waals surface area contributed by atoms with E-state index in [0.29, 0.717) is 11.3 Å². The standard InChI is InChI=1S/C11H12F2O2/c12-6-11(7-13)5-9(14)8-3-1-2-4-10(8)15-11/h1-4,9,14H,5-7H2/t9-/m0/s1. The number of benzene rings is 1. The van der Waals surface area contributed by atoms with E-state index < -0.39 is 25.1 Å². The Kier molecular flexibility index (Phi) is 2.61. The lowest BCUT2D eigenvalue weighted by molar-refractivity contribution is -0.0443. The van der Waals surface area contributed by atoms with Gasteiger partial charge in [-0.2, -0.15) is 0 Å². The van der Waals surface area contributed by atoms with Crippen LogP contribution in [0, 0.1) is 0 Å². The summed E-state index contributed by atoms with van der Waals surface area (Å²) in [6, 6.07) is 6.76. The van der Waals surface area contributed by atoms with Gasteiger partial charge in [0.2, 0.25) is 0 Å². The monoisotopic (exact) mass is 214 g/mol. The first-order valence-corrected chi connectivity index (χ1v) is 4.79. The lowest BCUT2D eigenvalue weighted by Crippen LogP contribution is -2.45. The molecule has 15 heavy (non-hydrogen) atoms. The summed E-state index contributed by atoms with van der Waals surface area (Å²) < 4.78 is 30.7. The van der Waals surface area contributed by atoms with E-state index in [1.165, 1.54) is 0 Å². The number of ether oxygens (including phenoxy) is 1. The molecular formula is C11H12F2O2. The number of aliphatic hydroxyl groups excluding tert-OH is 1. The highest BCUT2D eigenvalue weighted by atomic mass is 19.1. The maximum absolute atomic E-state index is 12.7. The number of alkyl halides is 2. The second kappa shape index (κ2) is 3.77. The molecule has 2 rings (SSSR count). The van der Waals surface area contributed by atoms with E-state index in [1.807, 2.05) is 0 Å². The van der Waals surface area contributed by atoms with Crippen molar-refractivity contribution in [2.75, 3.05) is 13.3 Å². The second-order valence-electron chi connectivity index (χ2n) is 3.81. The van der Waals surface area contributed by atoms with Crippen LogP contribution in [-0.4, -0.2) is 24.1 Å². The summed E-state index contributed by atoms with van der Waals surface area (Å²) in [6.07, 6.45) is -0.904. The predicted molar refractivity (Wildman–Crippen MR) is 51.3 cm³/mol. The molecule has 0 saturated carbocycles. The Bertz CT molecular complexity index is 350. The van der Waals surface area contributed by atoms with Gasteiger partial charge in [-0.15, -0.1) is 0 Å². The van der Waals surface area contributed by atoms with E-state index in [0.717, 1.165) is 0 Å². The summed E-state index contributed by atoms with van der Waals surface area (Å²) in [6.45, 7) is -1.87. The number of hydrogen-bond donors (Lipinski definition) is 1. The zero-order valence-corrected chi connectivity index (χ0v) is 8.12. The Morgan fingerprint density at radius 1 is 1.33 bits per heavy atom. The summed E-state index contributed by atoms with van der Waals surface area (Å²) in [5.74, 6) is 0.367. The summed E-state index contributed by atoms with van der Waals surface area (Å²) in [4.78, 5) is 0. The van der Waals surface area contributed by atoms with Crippen molar-refractivity contribution in [2.45, 2.75) is 18.1 Å². The first kappa shape index (κ1) is 10.4. The topological polar surface area (TPSA) is 29.5 Å². The van der Waals surface area contributed by atoms with Crippen molar-refractivity contribution in [3.8, 4) is 5.75 Å². The number of aliphatic hydroxyl groups is 1. The zero-order chi connectivity index (χ0) is 10.9. The molecule has 1 aliphatic rings. The molecule has 0 aromatic heterocycles. The number of para-hydroxylation sites is 1. The molecule has 1 aliphatic heterocycles. The average molecular weight is 214 g/mol. The largest absolute Gasteiger partial charge is 0.481 e. The fourth-order valence-corrected chi connectivity index (χ4v) is 1.79. The van der Waals surface area contributed by atoms with Gasteiger partial charge in [-0.05, 0) is 6.07 Å². The van der Waals surface area contributed by atoms with Crippen molar-refractivity contribution < 1.29 is 18.6 Å². The number of halogens is 2. The molecule has 1 aromatic carbocycles. The fraction of sp³-hybridized carbons (Fsp3) is 0.455. The highest BCUT2D eigenvalue weighted by molar-refractivity contribution is 5.38. The number of hydrogen-bond acceptors (Lipinski definition) is 2. The smallest absolute Gasteiger partial charge is 0.168 e. The van der Waals surface area contributed by atoms with Crippen LogP contribution in [0.3, 0.4) is 0 Å². The van der Waals surface area contributed by atoms with Gasteiger partial charge in [0.15, 0.2) is 5.60 Å². The van der Waals surface area contributed by atoms with Gasteiger partial charge in [-0.3, -0.25) is 0 Å². The molecule has 0 spiro atoms. The Morgan fingerprint density at radius 2 is 2.00 bits per heavy atom. The van der Waals surface area contributed by atoms with Crippen molar-refractivity contribution >= 4 is 0 Å². The zero-order valence-electron chi connectivity index (χ0n) is 8.12. The Hall–Kier alpha value is -1.16. The molecule has 0 radical (unpaired) electrons. The SMILES string of the molecule is O[C@H]1CC(CF)(CF)Oc2ccccc21. The molecule has 0 fully saturated rings. The predicted octanol–water partition coefficient (Wildman–Crippen LogP) is 2.18. The van der Waals surface area contributed by atoms with Crippen LogP contribution in [0.4, 0.5) is 8.78 Å². The third kappa shape index (κ3) is 1.69. The highest BCUT2D eigenvalue weighted by Crippen LogP contribution is 2.39. The lowest BCUT2D eigenvalue weighted by atomic mass is 9.91. The van der Waals surface area contributed by atoms with Crippen molar-refractivity contribution in [1.29, 1.82) is 0 Å². The van der Waals surface area contributed by atoms with E-state index in [2.05, 4.69) is 0 Å². The van der Waals surface area contributed by atoms with Crippen LogP contribution in [0.2, 0.25) is 0 Å². The molecule has 2 nitrogen and oxygen atoms in total. The van der Waals surface area contributed by atoms with Crippen LogP contribution in [-0.2, 0) is 0 Å². The summed E-state index contributed by atoms with van der Waals surface area (Å²) in [5.41, 5.74) is -0.914. The van der Waals surface area contributed by atoms with E-state index in [9.17, 15) is 13.9 Å². The van der Waals surface area contributed by atoms with Crippen LogP contribution >= 0.6 is 0 Å². The Balaban J connectivity index is 2.37. The minimum atomic E-state index is -1.51. The van der Waals surface area contributed by atoms with Crippen LogP contribution in [0.1, 0.15) is 18.1 Å². The molecule has 1 heterocycles. The summed E-state index contributed by atoms with van der Waals surface area (Å²) >= 11 is 0. The fourth-order valence-electron chi connectivity index (χ4n) is 1.79. The minimum Gasteiger partial charge on any atom is -0.481 e. The molecule has 1 atom stereocenters. The first-order valence-electron chi connectivity index (χ1n) is 4.79. The quantitative estimate of drug-likeness (QED) is 0.817. The molecule has 1 aromatic rings. The van der Waals surface area contributed by atoms with Crippen molar-refractivity contribution in [1.82, 2.24) is 0 Å². The van der Waals surface area contributed by atoms with E-state index in [4.69, 9.17) is 4.74 Å². The van der Waals surface area contributed by atoms with Crippen molar-refractivity contribution in [3.05, 3.63) is 29.8 Å². The number of fused-ring (bicyclic) bond motifs is 1. The third-order valence-electron chi connectivity index (χ3n) is 2.66. The van der Waals surface area contributed by atoms with E-state index >= 15 is 0 Å². The normalized spacial score (nSPS) is 23.0.